The summed E-state index contributed by atoms with van der Waals surface area (Å²) in [5, 5.41) is 0. The zero-order chi connectivity index (χ0) is 9.14. The molecule has 0 spiro atoms. The van der Waals surface area contributed by atoms with Crippen molar-refractivity contribution in [1.82, 2.24) is 4.98 Å². The fourth-order valence-electron chi connectivity index (χ4n) is 0.754. The molecular formula is C7H6BrClN2O. The number of nitrogens with two attached hydrogens (primary N) is 1. The van der Waals surface area contributed by atoms with Crippen molar-refractivity contribution in [3.8, 4) is 0 Å². The first-order valence-corrected chi connectivity index (χ1v) is 4.48. The summed E-state index contributed by atoms with van der Waals surface area (Å²) in [6.07, 6.45) is 1.42. The Morgan fingerprint density at radius 1 is 1.75 bits per heavy atom. The van der Waals surface area contributed by atoms with Crippen molar-refractivity contribution in [1.29, 1.82) is 0 Å². The highest BCUT2D eigenvalue weighted by atomic mass is 79.9. The Hall–Kier alpha value is -0.610. The second-order valence-electron chi connectivity index (χ2n) is 2.15. The highest BCUT2D eigenvalue weighted by Crippen LogP contribution is 2.16. The zero-order valence-electron chi connectivity index (χ0n) is 6.05. The van der Waals surface area contributed by atoms with Crippen LogP contribution in [0.4, 0.5) is 5.69 Å². The van der Waals surface area contributed by atoms with Crippen LogP contribution in [0.3, 0.4) is 0 Å². The lowest BCUT2D eigenvalue weighted by Crippen LogP contribution is -2.05. The van der Waals surface area contributed by atoms with E-state index in [1.807, 2.05) is 0 Å². The third-order valence-corrected chi connectivity index (χ3v) is 2.00. The van der Waals surface area contributed by atoms with Crippen molar-refractivity contribution in [2.75, 3.05) is 11.6 Å². The molecule has 0 bridgehead atoms. The van der Waals surface area contributed by atoms with Crippen LogP contribution in [0.25, 0.3) is 0 Å². The van der Waals surface area contributed by atoms with Crippen molar-refractivity contribution >= 4 is 39.0 Å². The number of pyridine rings is 1. The molecule has 0 atom stereocenters. The first-order chi connectivity index (χ1) is 5.65. The predicted molar refractivity (Wildman–Crippen MR) is 51.4 cm³/mol. The Morgan fingerprint density at radius 3 is 3.00 bits per heavy atom. The lowest BCUT2D eigenvalue weighted by Gasteiger charge is -2.01. The van der Waals surface area contributed by atoms with Gasteiger partial charge in [0.05, 0.1) is 17.8 Å². The Morgan fingerprint density at radius 2 is 2.42 bits per heavy atom. The number of anilines is 1. The molecule has 5 heteroatoms. The molecule has 64 valence electrons. The topological polar surface area (TPSA) is 56.0 Å². The van der Waals surface area contributed by atoms with E-state index in [-0.39, 0.29) is 11.7 Å². The minimum absolute atomic E-state index is 0.0688. The minimum Gasteiger partial charge on any atom is -0.397 e. The molecule has 0 aromatic carbocycles. The Balaban J connectivity index is 3.13. The highest BCUT2D eigenvalue weighted by molar-refractivity contribution is 9.10. The molecular weight excluding hydrogens is 243 g/mol. The average molecular weight is 249 g/mol. The van der Waals surface area contributed by atoms with E-state index in [1.54, 1.807) is 6.07 Å². The number of hydrogen-bond acceptors (Lipinski definition) is 3. The van der Waals surface area contributed by atoms with Crippen LogP contribution in [0.15, 0.2) is 16.9 Å². The maximum atomic E-state index is 11.1. The third-order valence-electron chi connectivity index (χ3n) is 1.32. The first kappa shape index (κ1) is 9.48. The molecule has 0 aliphatic carbocycles. The van der Waals surface area contributed by atoms with Crippen molar-refractivity contribution in [3.63, 3.8) is 0 Å². The summed E-state index contributed by atoms with van der Waals surface area (Å²) in [6, 6.07) is 1.56. The summed E-state index contributed by atoms with van der Waals surface area (Å²) in [5.74, 6) is -0.266. The number of carbonyl (C=O) groups is 1. The molecule has 12 heavy (non-hydrogen) atoms. The molecule has 1 rings (SSSR count). The summed E-state index contributed by atoms with van der Waals surface area (Å²) in [7, 11) is 0. The van der Waals surface area contributed by atoms with Gasteiger partial charge in [-0.1, -0.05) is 0 Å². The van der Waals surface area contributed by atoms with Gasteiger partial charge in [-0.15, -0.1) is 11.6 Å². The monoisotopic (exact) mass is 248 g/mol. The third kappa shape index (κ3) is 1.95. The molecule has 0 radical (unpaired) electrons. The fourth-order valence-corrected chi connectivity index (χ4v) is 1.23. The van der Waals surface area contributed by atoms with Crippen LogP contribution in [0.2, 0.25) is 0 Å². The average Bonchev–Trinajstić information content (AvgIpc) is 2.08. The van der Waals surface area contributed by atoms with Crippen molar-refractivity contribution in [2.24, 2.45) is 0 Å². The number of nitrogens with zero attached hydrogens (tertiary/aromatic N) is 1. The zero-order valence-corrected chi connectivity index (χ0v) is 8.39. The van der Waals surface area contributed by atoms with Gasteiger partial charge in [-0.2, -0.15) is 0 Å². The molecule has 1 aromatic heterocycles. The lowest BCUT2D eigenvalue weighted by atomic mass is 10.2. The Kier molecular flexibility index (Phi) is 3.05. The molecule has 2 N–H and O–H groups in total. The van der Waals surface area contributed by atoms with Crippen LogP contribution in [0.5, 0.6) is 0 Å². The lowest BCUT2D eigenvalue weighted by molar-refractivity contribution is 0.102. The standard InChI is InChI=1S/C7H6BrClN2O/c8-7-1-4(6(12)2-9)5(10)3-11-7/h1,3H,2,10H2. The maximum Gasteiger partial charge on any atom is 0.179 e. The number of rotatable bonds is 2. The second kappa shape index (κ2) is 3.87. The van der Waals surface area contributed by atoms with Gasteiger partial charge in [-0.3, -0.25) is 4.79 Å². The van der Waals surface area contributed by atoms with Crippen LogP contribution in [0.1, 0.15) is 10.4 Å². The van der Waals surface area contributed by atoms with E-state index in [0.29, 0.717) is 15.9 Å². The van der Waals surface area contributed by atoms with Gasteiger partial charge in [0.2, 0.25) is 0 Å². The summed E-state index contributed by atoms with van der Waals surface area (Å²) < 4.78 is 0.574. The summed E-state index contributed by atoms with van der Waals surface area (Å²) in [4.78, 5) is 15.0. The van der Waals surface area contributed by atoms with Gasteiger partial charge < -0.3 is 5.73 Å². The molecule has 3 nitrogen and oxygen atoms in total. The SMILES string of the molecule is Nc1cnc(Br)cc1C(=O)CCl. The molecule has 0 unspecified atom stereocenters. The maximum absolute atomic E-state index is 11.1. The Bertz CT molecular complexity index is 316. The van der Waals surface area contributed by atoms with E-state index in [1.165, 1.54) is 6.20 Å². The van der Waals surface area contributed by atoms with Gasteiger partial charge in [0.1, 0.15) is 4.60 Å². The number of nitrogen functional groups attached to an aromatic ring is 1. The van der Waals surface area contributed by atoms with Gasteiger partial charge in [0, 0.05) is 5.56 Å². The van der Waals surface area contributed by atoms with Gasteiger partial charge in [-0.25, -0.2) is 4.98 Å². The van der Waals surface area contributed by atoms with E-state index in [4.69, 9.17) is 17.3 Å². The van der Waals surface area contributed by atoms with Crippen LogP contribution in [0, 0.1) is 0 Å². The largest absolute Gasteiger partial charge is 0.397 e. The number of carbonyl (C=O) groups excluding carboxylic acids is 1. The van der Waals surface area contributed by atoms with Crippen molar-refractivity contribution in [2.45, 2.75) is 0 Å². The van der Waals surface area contributed by atoms with E-state index in [2.05, 4.69) is 20.9 Å². The molecule has 0 saturated heterocycles. The second-order valence-corrected chi connectivity index (χ2v) is 3.23. The van der Waals surface area contributed by atoms with Crippen LogP contribution < -0.4 is 5.73 Å². The van der Waals surface area contributed by atoms with Gasteiger partial charge in [-0.05, 0) is 22.0 Å². The molecule has 1 aromatic rings. The smallest absolute Gasteiger partial charge is 0.179 e. The van der Waals surface area contributed by atoms with E-state index in [0.717, 1.165) is 0 Å². The number of Topliss-reactive ketones (excluding diaryl/α,β-unsaturated/α-hetero) is 1. The number of alkyl halides is 1. The van der Waals surface area contributed by atoms with Crippen molar-refractivity contribution in [3.05, 3.63) is 22.4 Å². The molecule has 0 aliphatic heterocycles. The molecule has 0 fully saturated rings. The minimum atomic E-state index is -0.197. The number of hydrogen-bond donors (Lipinski definition) is 1. The van der Waals surface area contributed by atoms with Crippen molar-refractivity contribution < 1.29 is 4.79 Å². The quantitative estimate of drug-likeness (QED) is 0.494. The number of aromatic nitrogens is 1. The van der Waals surface area contributed by atoms with E-state index < -0.39 is 0 Å². The molecule has 0 saturated carbocycles. The van der Waals surface area contributed by atoms with Crippen LogP contribution in [-0.2, 0) is 0 Å². The van der Waals surface area contributed by atoms with Gasteiger partial charge in [0.15, 0.2) is 5.78 Å². The van der Waals surface area contributed by atoms with E-state index in [9.17, 15) is 4.79 Å². The van der Waals surface area contributed by atoms with E-state index >= 15 is 0 Å². The Labute approximate surface area is 83.1 Å². The summed E-state index contributed by atoms with van der Waals surface area (Å²) >= 11 is 8.50. The summed E-state index contributed by atoms with van der Waals surface area (Å²) in [6.45, 7) is 0. The van der Waals surface area contributed by atoms with Crippen LogP contribution >= 0.6 is 27.5 Å². The van der Waals surface area contributed by atoms with Gasteiger partial charge >= 0.3 is 0 Å². The number of ketones is 1. The fraction of sp³-hybridized carbons (Fsp3) is 0.143. The number of halogens is 2. The highest BCUT2D eigenvalue weighted by Gasteiger charge is 2.08. The first-order valence-electron chi connectivity index (χ1n) is 3.15. The van der Waals surface area contributed by atoms with Gasteiger partial charge in [0.25, 0.3) is 0 Å². The normalized spacial score (nSPS) is 9.83. The molecule has 0 aliphatic rings. The van der Waals surface area contributed by atoms with Crippen LogP contribution in [-0.4, -0.2) is 16.6 Å². The molecule has 0 amide bonds. The predicted octanol–water partition coefficient (Wildman–Crippen LogP) is 1.85. The summed E-state index contributed by atoms with van der Waals surface area (Å²) in [5.41, 5.74) is 6.26. The molecule has 1 heterocycles.